The second-order valence-electron chi connectivity index (χ2n) is 4.35. The Balaban J connectivity index is 2.07. The van der Waals surface area contributed by atoms with E-state index in [1.807, 2.05) is 30.3 Å². The summed E-state index contributed by atoms with van der Waals surface area (Å²) in [5.74, 6) is -0.560. The van der Waals surface area contributed by atoms with E-state index in [4.69, 9.17) is 10.5 Å². The van der Waals surface area contributed by atoms with Crippen LogP contribution in [0.5, 0.6) is 0 Å². The average Bonchev–Trinajstić information content (AvgIpc) is 2.79. The summed E-state index contributed by atoms with van der Waals surface area (Å²) in [6, 6.07) is 8.69. The molecular formula is C13H15N3O3. The molecule has 2 unspecified atom stereocenters. The van der Waals surface area contributed by atoms with E-state index in [2.05, 4.69) is 10.5 Å². The number of primary amides is 1. The molecule has 2 rings (SSSR count). The number of amides is 2. The van der Waals surface area contributed by atoms with E-state index >= 15 is 0 Å². The molecule has 100 valence electrons. The van der Waals surface area contributed by atoms with E-state index in [9.17, 15) is 9.59 Å². The molecule has 3 N–H and O–H groups in total. The van der Waals surface area contributed by atoms with Crippen molar-refractivity contribution in [3.8, 4) is 0 Å². The highest BCUT2D eigenvalue weighted by Gasteiger charge is 2.36. The molecule has 2 amide bonds. The molecule has 0 spiro atoms. The van der Waals surface area contributed by atoms with Crippen LogP contribution in [0.3, 0.4) is 0 Å². The first-order valence-corrected chi connectivity index (χ1v) is 5.93. The van der Waals surface area contributed by atoms with Gasteiger partial charge >= 0.3 is 12.0 Å². The molecule has 0 aromatic heterocycles. The second kappa shape index (κ2) is 5.51. The molecular weight excluding hydrogens is 246 g/mol. The zero-order valence-corrected chi connectivity index (χ0v) is 10.5. The number of hydrogen-bond acceptors (Lipinski definition) is 4. The van der Waals surface area contributed by atoms with E-state index in [0.29, 0.717) is 12.1 Å². The second-order valence-corrected chi connectivity index (χ2v) is 4.35. The third-order valence-corrected chi connectivity index (χ3v) is 3.00. The zero-order valence-electron chi connectivity index (χ0n) is 10.5. The third kappa shape index (κ3) is 3.09. The predicted octanol–water partition coefficient (Wildman–Crippen LogP) is 1.13. The summed E-state index contributed by atoms with van der Waals surface area (Å²) in [6.45, 7) is 1.68. The lowest BCUT2D eigenvalue weighted by Gasteiger charge is -2.07. The van der Waals surface area contributed by atoms with Gasteiger partial charge in [0, 0.05) is 6.42 Å². The lowest BCUT2D eigenvalue weighted by molar-refractivity contribution is -0.140. The number of nitrogens with two attached hydrogens (primary N) is 1. The summed E-state index contributed by atoms with van der Waals surface area (Å²) in [5, 5.41) is 3.78. The fourth-order valence-corrected chi connectivity index (χ4v) is 2.01. The minimum absolute atomic E-state index is 0.273. The number of rotatable bonds is 3. The van der Waals surface area contributed by atoms with Crippen LogP contribution in [-0.2, 0) is 9.53 Å². The van der Waals surface area contributed by atoms with Crippen molar-refractivity contribution in [2.75, 3.05) is 0 Å². The van der Waals surface area contributed by atoms with Gasteiger partial charge in [-0.2, -0.15) is 5.10 Å². The van der Waals surface area contributed by atoms with Crippen LogP contribution in [-0.4, -0.2) is 23.8 Å². The maximum Gasteiger partial charge on any atom is 0.332 e. The summed E-state index contributed by atoms with van der Waals surface area (Å²) in [5.41, 5.74) is 8.49. The lowest BCUT2D eigenvalue weighted by atomic mass is 9.95. The van der Waals surface area contributed by atoms with E-state index in [1.54, 1.807) is 6.92 Å². The molecule has 1 aliphatic heterocycles. The molecule has 1 fully saturated rings. The van der Waals surface area contributed by atoms with E-state index in [0.717, 1.165) is 5.56 Å². The first kappa shape index (κ1) is 13.1. The largest absolute Gasteiger partial charge is 0.456 e. The molecule has 1 saturated heterocycles. The van der Waals surface area contributed by atoms with Crippen molar-refractivity contribution in [3.63, 3.8) is 0 Å². The quantitative estimate of drug-likeness (QED) is 0.485. The summed E-state index contributed by atoms with van der Waals surface area (Å²) in [7, 11) is 0. The molecule has 1 aliphatic rings. The lowest BCUT2D eigenvalue weighted by Crippen LogP contribution is -2.28. The van der Waals surface area contributed by atoms with Gasteiger partial charge in [0.2, 0.25) is 0 Å². The number of nitrogens with zero attached hydrogens (tertiary/aromatic N) is 1. The highest BCUT2D eigenvalue weighted by molar-refractivity contribution is 5.93. The Labute approximate surface area is 110 Å². The molecule has 0 bridgehead atoms. The van der Waals surface area contributed by atoms with Gasteiger partial charge in [-0.05, 0) is 12.5 Å². The van der Waals surface area contributed by atoms with Crippen molar-refractivity contribution in [3.05, 3.63) is 35.9 Å². The molecule has 0 aliphatic carbocycles. The van der Waals surface area contributed by atoms with Gasteiger partial charge in [0.25, 0.3) is 0 Å². The number of carbonyl (C=O) groups is 2. The average molecular weight is 261 g/mol. The maximum absolute atomic E-state index is 11.8. The van der Waals surface area contributed by atoms with Gasteiger partial charge in [-0.3, -0.25) is 4.79 Å². The molecule has 6 heteroatoms. The fraction of sp³-hybridized carbons (Fsp3) is 0.308. The van der Waals surface area contributed by atoms with E-state index in [-0.39, 0.29) is 11.9 Å². The fourth-order valence-electron chi connectivity index (χ4n) is 2.01. The Morgan fingerprint density at radius 3 is 2.74 bits per heavy atom. The van der Waals surface area contributed by atoms with Crippen LogP contribution in [0.2, 0.25) is 0 Å². The van der Waals surface area contributed by atoms with E-state index < -0.39 is 12.1 Å². The Bertz CT molecular complexity index is 513. The van der Waals surface area contributed by atoms with Crippen molar-refractivity contribution >= 4 is 17.7 Å². The van der Waals surface area contributed by atoms with Crippen LogP contribution >= 0.6 is 0 Å². The summed E-state index contributed by atoms with van der Waals surface area (Å²) >= 11 is 0. The maximum atomic E-state index is 11.8. The van der Waals surface area contributed by atoms with Crippen LogP contribution in [0, 0.1) is 0 Å². The molecule has 1 aromatic rings. The van der Waals surface area contributed by atoms with Crippen molar-refractivity contribution in [2.45, 2.75) is 25.4 Å². The third-order valence-electron chi connectivity index (χ3n) is 3.00. The van der Waals surface area contributed by atoms with Gasteiger partial charge in [0.1, 0.15) is 6.10 Å². The van der Waals surface area contributed by atoms with Gasteiger partial charge in [0.15, 0.2) is 0 Å². The van der Waals surface area contributed by atoms with Gasteiger partial charge < -0.3 is 10.5 Å². The molecule has 1 aromatic carbocycles. The topological polar surface area (TPSA) is 93.8 Å². The number of benzene rings is 1. The molecule has 1 heterocycles. The van der Waals surface area contributed by atoms with E-state index in [1.165, 1.54) is 0 Å². The number of ether oxygens (including phenoxy) is 1. The Morgan fingerprint density at radius 2 is 2.11 bits per heavy atom. The number of hydrazone groups is 1. The molecule has 0 radical (unpaired) electrons. The number of esters is 1. The summed E-state index contributed by atoms with van der Waals surface area (Å²) < 4.78 is 5.26. The number of carbonyl (C=O) groups excluding carboxylic acids is 2. The minimum Gasteiger partial charge on any atom is -0.456 e. The van der Waals surface area contributed by atoms with Crippen LogP contribution < -0.4 is 11.2 Å². The van der Waals surface area contributed by atoms with Crippen LogP contribution in [0.1, 0.15) is 24.8 Å². The highest BCUT2D eigenvalue weighted by Crippen LogP contribution is 2.31. The van der Waals surface area contributed by atoms with Crippen molar-refractivity contribution in [1.29, 1.82) is 0 Å². The molecule has 6 nitrogen and oxygen atoms in total. The molecule has 2 atom stereocenters. The molecule has 19 heavy (non-hydrogen) atoms. The number of hydrogen-bond donors (Lipinski definition) is 2. The zero-order chi connectivity index (χ0) is 13.8. The summed E-state index contributed by atoms with van der Waals surface area (Å²) in [4.78, 5) is 22.4. The van der Waals surface area contributed by atoms with Gasteiger partial charge in [-0.25, -0.2) is 10.2 Å². The van der Waals surface area contributed by atoms with Crippen molar-refractivity contribution < 1.29 is 14.3 Å². The Morgan fingerprint density at radius 1 is 1.42 bits per heavy atom. The summed E-state index contributed by atoms with van der Waals surface area (Å²) in [6.07, 6.45) is 0.0862. The first-order chi connectivity index (χ1) is 9.08. The highest BCUT2D eigenvalue weighted by atomic mass is 16.6. The SMILES string of the molecule is CC(=NNC(N)=O)C1CC(c2ccccc2)C(=O)O1. The van der Waals surface area contributed by atoms with Gasteiger partial charge in [0.05, 0.1) is 11.6 Å². The van der Waals surface area contributed by atoms with Crippen molar-refractivity contribution in [1.82, 2.24) is 5.43 Å². The van der Waals surface area contributed by atoms with Gasteiger partial charge in [-0.15, -0.1) is 0 Å². The first-order valence-electron chi connectivity index (χ1n) is 5.93. The monoisotopic (exact) mass is 261 g/mol. The smallest absolute Gasteiger partial charge is 0.332 e. The normalized spacial score (nSPS) is 23.0. The standard InChI is InChI=1S/C13H15N3O3/c1-8(15-16-13(14)18)11-7-10(12(17)19-11)9-5-3-2-4-6-9/h2-6,10-11H,7H2,1H3,(H3,14,16,18). The number of urea groups is 1. The Kier molecular flexibility index (Phi) is 3.79. The van der Waals surface area contributed by atoms with Crippen LogP contribution in [0.25, 0.3) is 0 Å². The Hall–Kier alpha value is -2.37. The van der Waals surface area contributed by atoms with Gasteiger partial charge in [-0.1, -0.05) is 30.3 Å². The number of nitrogens with one attached hydrogen (secondary N) is 1. The molecule has 0 saturated carbocycles. The van der Waals surface area contributed by atoms with Crippen LogP contribution in [0.15, 0.2) is 35.4 Å². The number of cyclic esters (lactones) is 1. The minimum atomic E-state index is -0.747. The predicted molar refractivity (Wildman–Crippen MR) is 69.5 cm³/mol. The van der Waals surface area contributed by atoms with Crippen LogP contribution in [0.4, 0.5) is 4.79 Å². The van der Waals surface area contributed by atoms with Crippen molar-refractivity contribution in [2.24, 2.45) is 10.8 Å².